The van der Waals surface area contributed by atoms with Crippen LogP contribution in [0.4, 0.5) is 5.69 Å². The van der Waals surface area contributed by atoms with Crippen LogP contribution in [0.15, 0.2) is 66.7 Å². The molecule has 0 bridgehead atoms. The quantitative estimate of drug-likeness (QED) is 0.664. The van der Waals surface area contributed by atoms with Crippen molar-refractivity contribution < 1.29 is 14.6 Å². The van der Waals surface area contributed by atoms with Crippen molar-refractivity contribution in [2.75, 3.05) is 31.2 Å². The van der Waals surface area contributed by atoms with Crippen molar-refractivity contribution in [2.24, 2.45) is 0 Å². The Balaban J connectivity index is 1.47. The first kappa shape index (κ1) is 19.4. The van der Waals surface area contributed by atoms with E-state index in [1.165, 1.54) is 16.3 Å². The van der Waals surface area contributed by atoms with Crippen LogP contribution >= 0.6 is 0 Å². The summed E-state index contributed by atoms with van der Waals surface area (Å²) in [5.41, 5.74) is 2.63. The predicted molar refractivity (Wildman–Crippen MR) is 116 cm³/mol. The zero-order valence-electron chi connectivity index (χ0n) is 16.5. The molecule has 1 fully saturated rings. The third-order valence-corrected chi connectivity index (χ3v) is 5.62. The summed E-state index contributed by atoms with van der Waals surface area (Å²) in [6.07, 6.45) is 0. The third-order valence-electron chi connectivity index (χ3n) is 5.62. The molecule has 2 atom stereocenters. The molecule has 0 aliphatic carbocycles. The number of ether oxygens (including phenoxy) is 1. The van der Waals surface area contributed by atoms with Crippen LogP contribution in [0.25, 0.3) is 10.8 Å². The summed E-state index contributed by atoms with van der Waals surface area (Å²) in [7, 11) is 0. The van der Waals surface area contributed by atoms with E-state index >= 15 is 0 Å². The van der Waals surface area contributed by atoms with Gasteiger partial charge in [0, 0.05) is 24.8 Å². The molecule has 0 radical (unpaired) electrons. The van der Waals surface area contributed by atoms with E-state index in [4.69, 9.17) is 9.84 Å². The summed E-state index contributed by atoms with van der Waals surface area (Å²) in [6.45, 7) is 5.09. The SMILES string of the molecule is C[C@@H](NCC1COCCN1c1ccc(C(=O)O)cc1)c1cccc2ccccc12. The van der Waals surface area contributed by atoms with Crippen LogP contribution in [-0.4, -0.2) is 43.4 Å². The molecule has 0 spiro atoms. The van der Waals surface area contributed by atoms with Crippen molar-refractivity contribution in [3.8, 4) is 0 Å². The molecule has 1 saturated heterocycles. The molecule has 4 rings (SSSR count). The van der Waals surface area contributed by atoms with E-state index in [1.54, 1.807) is 12.1 Å². The average Bonchev–Trinajstić information content (AvgIpc) is 2.77. The van der Waals surface area contributed by atoms with Crippen LogP contribution in [0, 0.1) is 0 Å². The topological polar surface area (TPSA) is 61.8 Å². The molecule has 29 heavy (non-hydrogen) atoms. The first-order valence-corrected chi connectivity index (χ1v) is 10.0. The number of anilines is 1. The fourth-order valence-electron chi connectivity index (χ4n) is 4.01. The number of carbonyl (C=O) groups is 1. The van der Waals surface area contributed by atoms with E-state index in [0.717, 1.165) is 18.8 Å². The van der Waals surface area contributed by atoms with Gasteiger partial charge in [-0.1, -0.05) is 42.5 Å². The molecule has 1 aliphatic rings. The maximum atomic E-state index is 11.1. The molecule has 1 unspecified atom stereocenters. The number of nitrogens with zero attached hydrogens (tertiary/aromatic N) is 1. The van der Waals surface area contributed by atoms with Gasteiger partial charge in [0.1, 0.15) is 0 Å². The molecular formula is C24H26N2O3. The molecule has 1 heterocycles. The Kier molecular flexibility index (Phi) is 5.79. The number of aromatic carboxylic acids is 1. The maximum absolute atomic E-state index is 11.1. The van der Waals surface area contributed by atoms with Crippen LogP contribution in [0.2, 0.25) is 0 Å². The van der Waals surface area contributed by atoms with E-state index in [0.29, 0.717) is 18.8 Å². The van der Waals surface area contributed by atoms with E-state index in [1.807, 2.05) is 12.1 Å². The number of hydrogen-bond donors (Lipinski definition) is 2. The van der Waals surface area contributed by atoms with E-state index in [-0.39, 0.29) is 12.1 Å². The van der Waals surface area contributed by atoms with E-state index < -0.39 is 5.97 Å². The molecule has 0 aromatic heterocycles. The van der Waals surface area contributed by atoms with Gasteiger partial charge in [0.25, 0.3) is 0 Å². The molecule has 5 nitrogen and oxygen atoms in total. The van der Waals surface area contributed by atoms with Gasteiger partial charge in [0.15, 0.2) is 0 Å². The highest BCUT2D eigenvalue weighted by atomic mass is 16.5. The fourth-order valence-corrected chi connectivity index (χ4v) is 4.01. The average molecular weight is 390 g/mol. The Morgan fingerprint density at radius 2 is 1.90 bits per heavy atom. The van der Waals surface area contributed by atoms with Gasteiger partial charge in [0.2, 0.25) is 0 Å². The van der Waals surface area contributed by atoms with Gasteiger partial charge in [-0.25, -0.2) is 4.79 Å². The summed E-state index contributed by atoms with van der Waals surface area (Å²) in [5.74, 6) is -0.902. The zero-order valence-corrected chi connectivity index (χ0v) is 16.5. The van der Waals surface area contributed by atoms with E-state index in [9.17, 15) is 4.79 Å². The smallest absolute Gasteiger partial charge is 0.335 e. The van der Waals surface area contributed by atoms with Crippen LogP contribution < -0.4 is 10.2 Å². The molecule has 0 saturated carbocycles. The Labute approximate surface area is 170 Å². The number of benzene rings is 3. The second kappa shape index (κ2) is 8.64. The van der Waals surface area contributed by atoms with Crippen molar-refractivity contribution in [3.63, 3.8) is 0 Å². The zero-order chi connectivity index (χ0) is 20.2. The van der Waals surface area contributed by atoms with Gasteiger partial charge in [-0.05, 0) is 47.5 Å². The second-order valence-electron chi connectivity index (χ2n) is 7.47. The van der Waals surface area contributed by atoms with Gasteiger partial charge in [-0.15, -0.1) is 0 Å². The maximum Gasteiger partial charge on any atom is 0.335 e. The molecule has 2 N–H and O–H groups in total. The lowest BCUT2D eigenvalue weighted by molar-refractivity contribution is 0.0696. The van der Waals surface area contributed by atoms with Gasteiger partial charge in [-0.2, -0.15) is 0 Å². The van der Waals surface area contributed by atoms with Crippen molar-refractivity contribution in [2.45, 2.75) is 19.0 Å². The van der Waals surface area contributed by atoms with Crippen molar-refractivity contribution >= 4 is 22.4 Å². The minimum absolute atomic E-state index is 0.192. The van der Waals surface area contributed by atoms with Gasteiger partial charge < -0.3 is 20.1 Å². The molecule has 5 heteroatoms. The molecule has 1 aliphatic heterocycles. The lowest BCUT2D eigenvalue weighted by Gasteiger charge is -2.38. The first-order chi connectivity index (χ1) is 14.1. The lowest BCUT2D eigenvalue weighted by Crippen LogP contribution is -2.50. The minimum atomic E-state index is -0.902. The van der Waals surface area contributed by atoms with Crippen molar-refractivity contribution in [1.82, 2.24) is 5.32 Å². The van der Waals surface area contributed by atoms with Gasteiger partial charge >= 0.3 is 5.97 Å². The number of morpholine rings is 1. The number of carboxylic acid groups (broad SMARTS) is 1. The predicted octanol–water partition coefficient (Wildman–Crippen LogP) is 4.09. The largest absolute Gasteiger partial charge is 0.478 e. The van der Waals surface area contributed by atoms with Gasteiger partial charge in [0.05, 0.1) is 24.8 Å². The summed E-state index contributed by atoms with van der Waals surface area (Å²) in [5, 5.41) is 15.3. The number of rotatable bonds is 6. The first-order valence-electron chi connectivity index (χ1n) is 10.0. The monoisotopic (exact) mass is 390 g/mol. The standard InChI is InChI=1S/C24H26N2O3/c1-17(22-8-4-6-18-5-2-3-7-23(18)22)25-15-21-16-29-14-13-26(21)20-11-9-19(10-12-20)24(27)28/h2-12,17,21,25H,13-16H2,1H3,(H,27,28)/t17-,21?/m1/s1. The highest BCUT2D eigenvalue weighted by Crippen LogP contribution is 2.25. The Morgan fingerprint density at radius 1 is 1.14 bits per heavy atom. The highest BCUT2D eigenvalue weighted by Gasteiger charge is 2.24. The molecule has 150 valence electrons. The number of fused-ring (bicyclic) bond motifs is 1. The van der Waals surface area contributed by atoms with Crippen LogP contribution in [0.1, 0.15) is 28.9 Å². The molecular weight excluding hydrogens is 364 g/mol. The second-order valence-corrected chi connectivity index (χ2v) is 7.47. The summed E-state index contributed by atoms with van der Waals surface area (Å²) >= 11 is 0. The van der Waals surface area contributed by atoms with E-state index in [2.05, 4.69) is 59.6 Å². The van der Waals surface area contributed by atoms with Crippen LogP contribution in [0.5, 0.6) is 0 Å². The van der Waals surface area contributed by atoms with Crippen molar-refractivity contribution in [1.29, 1.82) is 0 Å². The molecule has 0 amide bonds. The Bertz CT molecular complexity index is 982. The minimum Gasteiger partial charge on any atom is -0.478 e. The third kappa shape index (κ3) is 4.26. The Hall–Kier alpha value is -2.89. The number of carboxylic acids is 1. The summed E-state index contributed by atoms with van der Waals surface area (Å²) in [6, 6.07) is 22.4. The number of nitrogens with one attached hydrogen (secondary N) is 1. The van der Waals surface area contributed by atoms with Crippen molar-refractivity contribution in [3.05, 3.63) is 77.9 Å². The molecule has 3 aromatic carbocycles. The Morgan fingerprint density at radius 3 is 2.69 bits per heavy atom. The highest BCUT2D eigenvalue weighted by molar-refractivity contribution is 5.88. The lowest BCUT2D eigenvalue weighted by atomic mass is 9.99. The summed E-state index contributed by atoms with van der Waals surface area (Å²) in [4.78, 5) is 13.4. The van der Waals surface area contributed by atoms with Crippen LogP contribution in [0.3, 0.4) is 0 Å². The normalized spacial score (nSPS) is 18.0. The number of hydrogen-bond acceptors (Lipinski definition) is 4. The molecule has 3 aromatic rings. The summed E-state index contributed by atoms with van der Waals surface area (Å²) < 4.78 is 5.73. The fraction of sp³-hybridized carbons (Fsp3) is 0.292. The van der Waals surface area contributed by atoms with Crippen LogP contribution in [-0.2, 0) is 4.74 Å². The van der Waals surface area contributed by atoms with Gasteiger partial charge in [-0.3, -0.25) is 0 Å².